The SMILES string of the molecule is CNC1CCN(c2ccc(Br)cc2C)C(C)C1C. The van der Waals surface area contributed by atoms with E-state index in [1.165, 1.54) is 17.7 Å². The summed E-state index contributed by atoms with van der Waals surface area (Å²) in [7, 11) is 2.08. The van der Waals surface area contributed by atoms with E-state index < -0.39 is 0 Å². The maximum atomic E-state index is 3.54. The number of piperidine rings is 1. The van der Waals surface area contributed by atoms with Gasteiger partial charge in [0.05, 0.1) is 0 Å². The largest absolute Gasteiger partial charge is 0.368 e. The van der Waals surface area contributed by atoms with Gasteiger partial charge in [-0.2, -0.15) is 0 Å². The van der Waals surface area contributed by atoms with Gasteiger partial charge in [-0.3, -0.25) is 0 Å². The van der Waals surface area contributed by atoms with E-state index >= 15 is 0 Å². The normalized spacial score (nSPS) is 28.5. The monoisotopic (exact) mass is 310 g/mol. The number of rotatable bonds is 2. The molecule has 0 saturated carbocycles. The Labute approximate surface area is 119 Å². The van der Waals surface area contributed by atoms with Gasteiger partial charge in [-0.15, -0.1) is 0 Å². The summed E-state index contributed by atoms with van der Waals surface area (Å²) in [6, 6.07) is 7.81. The quantitative estimate of drug-likeness (QED) is 0.898. The molecule has 2 rings (SSSR count). The van der Waals surface area contributed by atoms with Crippen LogP contribution in [0.4, 0.5) is 5.69 Å². The molecule has 0 aliphatic carbocycles. The molecule has 3 atom stereocenters. The second kappa shape index (κ2) is 5.62. The van der Waals surface area contributed by atoms with Crippen LogP contribution >= 0.6 is 15.9 Å². The van der Waals surface area contributed by atoms with Crippen LogP contribution < -0.4 is 10.2 Å². The van der Waals surface area contributed by atoms with Crippen LogP contribution in [-0.2, 0) is 0 Å². The Balaban J connectivity index is 2.24. The molecule has 0 aromatic heterocycles. The van der Waals surface area contributed by atoms with Crippen molar-refractivity contribution in [1.29, 1.82) is 0 Å². The third kappa shape index (κ3) is 2.57. The van der Waals surface area contributed by atoms with Gasteiger partial charge in [0, 0.05) is 28.8 Å². The molecule has 100 valence electrons. The Morgan fingerprint density at radius 2 is 2.06 bits per heavy atom. The lowest BCUT2D eigenvalue weighted by molar-refractivity contribution is 0.282. The van der Waals surface area contributed by atoms with Gasteiger partial charge in [-0.1, -0.05) is 22.9 Å². The maximum Gasteiger partial charge on any atom is 0.0399 e. The number of anilines is 1. The minimum Gasteiger partial charge on any atom is -0.368 e. The van der Waals surface area contributed by atoms with Gasteiger partial charge >= 0.3 is 0 Å². The fourth-order valence-electron chi connectivity index (χ4n) is 3.05. The zero-order valence-electron chi connectivity index (χ0n) is 11.7. The molecule has 2 nitrogen and oxygen atoms in total. The van der Waals surface area contributed by atoms with Gasteiger partial charge in [0.25, 0.3) is 0 Å². The van der Waals surface area contributed by atoms with E-state index in [0.29, 0.717) is 18.0 Å². The van der Waals surface area contributed by atoms with Crippen LogP contribution in [0.3, 0.4) is 0 Å². The number of aryl methyl sites for hydroxylation is 1. The molecule has 3 unspecified atom stereocenters. The van der Waals surface area contributed by atoms with Crippen molar-refractivity contribution in [3.8, 4) is 0 Å². The predicted octanol–water partition coefficient (Wildman–Crippen LogP) is 3.58. The van der Waals surface area contributed by atoms with E-state index in [9.17, 15) is 0 Å². The second-order valence-corrected chi connectivity index (χ2v) is 6.32. The van der Waals surface area contributed by atoms with Crippen LogP contribution in [0, 0.1) is 12.8 Å². The van der Waals surface area contributed by atoms with Crippen LogP contribution in [0.5, 0.6) is 0 Å². The van der Waals surface area contributed by atoms with E-state index in [-0.39, 0.29) is 0 Å². The Morgan fingerprint density at radius 3 is 2.67 bits per heavy atom. The van der Waals surface area contributed by atoms with E-state index in [1.54, 1.807) is 0 Å². The van der Waals surface area contributed by atoms with Crippen molar-refractivity contribution in [3.05, 3.63) is 28.2 Å². The molecule has 1 aliphatic rings. The van der Waals surface area contributed by atoms with Crippen molar-refractivity contribution in [2.45, 2.75) is 39.3 Å². The first kappa shape index (κ1) is 13.9. The zero-order valence-corrected chi connectivity index (χ0v) is 13.3. The van der Waals surface area contributed by atoms with Gasteiger partial charge in [0.1, 0.15) is 0 Å². The summed E-state index contributed by atoms with van der Waals surface area (Å²) in [5, 5.41) is 3.45. The standard InChI is InChI=1S/C15H23BrN2/c1-10-9-13(16)5-6-15(10)18-8-7-14(17-4)11(2)12(18)3/h5-6,9,11-12,14,17H,7-8H2,1-4H3. The molecule has 1 heterocycles. The number of halogens is 1. The highest BCUT2D eigenvalue weighted by Crippen LogP contribution is 2.32. The van der Waals surface area contributed by atoms with Crippen LogP contribution in [-0.4, -0.2) is 25.7 Å². The molecule has 0 bridgehead atoms. The first-order chi connectivity index (χ1) is 8.54. The van der Waals surface area contributed by atoms with E-state index in [2.05, 4.69) is 72.2 Å². The topological polar surface area (TPSA) is 15.3 Å². The summed E-state index contributed by atoms with van der Waals surface area (Å²) in [4.78, 5) is 2.56. The van der Waals surface area contributed by atoms with Crippen molar-refractivity contribution in [1.82, 2.24) is 5.32 Å². The zero-order chi connectivity index (χ0) is 13.3. The molecule has 1 aromatic carbocycles. The lowest BCUT2D eigenvalue weighted by atomic mass is 9.86. The number of nitrogens with zero attached hydrogens (tertiary/aromatic N) is 1. The fourth-order valence-corrected chi connectivity index (χ4v) is 3.53. The van der Waals surface area contributed by atoms with Crippen molar-refractivity contribution in [2.24, 2.45) is 5.92 Å². The van der Waals surface area contributed by atoms with Crippen LogP contribution in [0.2, 0.25) is 0 Å². The van der Waals surface area contributed by atoms with Crippen molar-refractivity contribution in [3.63, 3.8) is 0 Å². The molecule has 0 radical (unpaired) electrons. The minimum absolute atomic E-state index is 0.580. The van der Waals surface area contributed by atoms with E-state index in [0.717, 1.165) is 11.0 Å². The second-order valence-electron chi connectivity index (χ2n) is 5.41. The first-order valence-electron chi connectivity index (χ1n) is 6.74. The van der Waals surface area contributed by atoms with Gasteiger partial charge in [-0.05, 0) is 57.0 Å². The molecular weight excluding hydrogens is 288 g/mol. The summed E-state index contributed by atoms with van der Waals surface area (Å²) >= 11 is 3.54. The number of nitrogens with one attached hydrogen (secondary N) is 1. The summed E-state index contributed by atoms with van der Waals surface area (Å²) in [5.41, 5.74) is 2.73. The smallest absolute Gasteiger partial charge is 0.0399 e. The lowest BCUT2D eigenvalue weighted by Gasteiger charge is -2.44. The third-order valence-electron chi connectivity index (χ3n) is 4.41. The molecule has 0 spiro atoms. The first-order valence-corrected chi connectivity index (χ1v) is 7.54. The number of hydrogen-bond donors (Lipinski definition) is 1. The highest BCUT2D eigenvalue weighted by Gasteiger charge is 2.31. The molecule has 18 heavy (non-hydrogen) atoms. The molecule has 0 amide bonds. The Morgan fingerprint density at radius 1 is 1.33 bits per heavy atom. The molecule has 1 N–H and O–H groups in total. The van der Waals surface area contributed by atoms with Gasteiger partial charge in [0.15, 0.2) is 0 Å². The van der Waals surface area contributed by atoms with Crippen LogP contribution in [0.15, 0.2) is 22.7 Å². The van der Waals surface area contributed by atoms with Gasteiger partial charge < -0.3 is 10.2 Å². The molecule has 1 aliphatic heterocycles. The van der Waals surface area contributed by atoms with E-state index in [4.69, 9.17) is 0 Å². The summed E-state index contributed by atoms with van der Waals surface area (Å²) in [5.74, 6) is 0.673. The maximum absolute atomic E-state index is 3.54. The summed E-state index contributed by atoms with van der Waals surface area (Å²) < 4.78 is 1.16. The van der Waals surface area contributed by atoms with E-state index in [1.807, 2.05) is 0 Å². The Bertz CT molecular complexity index is 419. The van der Waals surface area contributed by atoms with Gasteiger partial charge in [-0.25, -0.2) is 0 Å². The van der Waals surface area contributed by atoms with Crippen LogP contribution in [0.1, 0.15) is 25.8 Å². The molecule has 1 saturated heterocycles. The molecular formula is C15H23BrN2. The van der Waals surface area contributed by atoms with Crippen molar-refractivity contribution in [2.75, 3.05) is 18.5 Å². The van der Waals surface area contributed by atoms with Crippen molar-refractivity contribution < 1.29 is 0 Å². The average molecular weight is 311 g/mol. The summed E-state index contributed by atoms with van der Waals surface area (Å²) in [6.45, 7) is 8.03. The predicted molar refractivity (Wildman–Crippen MR) is 82.3 cm³/mol. The minimum atomic E-state index is 0.580. The molecule has 3 heteroatoms. The summed E-state index contributed by atoms with van der Waals surface area (Å²) in [6.07, 6.45) is 1.22. The van der Waals surface area contributed by atoms with Crippen molar-refractivity contribution >= 4 is 21.6 Å². The molecule has 1 aromatic rings. The Kier molecular flexibility index (Phi) is 4.33. The number of hydrogen-bond acceptors (Lipinski definition) is 2. The lowest BCUT2D eigenvalue weighted by Crippen LogP contribution is -2.53. The molecule has 1 fully saturated rings. The van der Waals surface area contributed by atoms with Crippen LogP contribution in [0.25, 0.3) is 0 Å². The van der Waals surface area contributed by atoms with Gasteiger partial charge in [0.2, 0.25) is 0 Å². The Hall–Kier alpha value is -0.540. The third-order valence-corrected chi connectivity index (χ3v) is 4.90. The highest BCUT2D eigenvalue weighted by molar-refractivity contribution is 9.10. The number of benzene rings is 1. The highest BCUT2D eigenvalue weighted by atomic mass is 79.9. The fraction of sp³-hybridized carbons (Fsp3) is 0.600. The average Bonchev–Trinajstić information content (AvgIpc) is 2.34.